The van der Waals surface area contributed by atoms with E-state index in [-0.39, 0.29) is 6.54 Å². The highest BCUT2D eigenvalue weighted by atomic mass is 19.4. The summed E-state index contributed by atoms with van der Waals surface area (Å²) in [5, 5.41) is 9.23. The van der Waals surface area contributed by atoms with Gasteiger partial charge in [-0.05, 0) is 20.8 Å². The standard InChI is InChI=1S/C10H16F3NO3/c1-9(2,3)17-8(16)14-5-6(15)4-7(14)10(11,12)13/h6-7,15H,4-5H2,1-3H3. The number of halogens is 3. The highest BCUT2D eigenvalue weighted by molar-refractivity contribution is 5.69. The lowest BCUT2D eigenvalue weighted by molar-refractivity contribution is -0.173. The zero-order chi connectivity index (χ0) is 13.4. The summed E-state index contributed by atoms with van der Waals surface area (Å²) in [5.74, 6) is 0. The first kappa shape index (κ1) is 14.1. The summed E-state index contributed by atoms with van der Waals surface area (Å²) in [6, 6.07) is -1.97. The number of carbonyl (C=O) groups excluding carboxylic acids is 1. The molecule has 100 valence electrons. The average Bonchev–Trinajstić information content (AvgIpc) is 2.43. The number of aliphatic hydroxyl groups excluding tert-OH is 1. The van der Waals surface area contributed by atoms with E-state index in [1.807, 2.05) is 0 Å². The predicted molar refractivity (Wildman–Crippen MR) is 53.4 cm³/mol. The highest BCUT2D eigenvalue weighted by Crippen LogP contribution is 2.33. The molecule has 0 aromatic carbocycles. The Morgan fingerprint density at radius 1 is 1.35 bits per heavy atom. The van der Waals surface area contributed by atoms with Crippen LogP contribution in [-0.4, -0.2) is 46.6 Å². The molecule has 1 heterocycles. The Kier molecular flexibility index (Phi) is 3.61. The molecule has 0 radical (unpaired) electrons. The smallest absolute Gasteiger partial charge is 0.410 e. The minimum absolute atomic E-state index is 0.348. The second kappa shape index (κ2) is 4.36. The van der Waals surface area contributed by atoms with Gasteiger partial charge < -0.3 is 9.84 Å². The van der Waals surface area contributed by atoms with Gasteiger partial charge in [0.2, 0.25) is 0 Å². The normalized spacial score (nSPS) is 26.2. The number of amides is 1. The zero-order valence-corrected chi connectivity index (χ0v) is 9.91. The van der Waals surface area contributed by atoms with Gasteiger partial charge >= 0.3 is 12.3 Å². The fourth-order valence-corrected chi connectivity index (χ4v) is 1.65. The number of rotatable bonds is 0. The number of carbonyl (C=O) groups is 1. The molecule has 7 heteroatoms. The van der Waals surface area contributed by atoms with Crippen molar-refractivity contribution < 1.29 is 27.8 Å². The van der Waals surface area contributed by atoms with Crippen LogP contribution in [0.2, 0.25) is 0 Å². The Balaban J connectivity index is 2.78. The molecule has 1 fully saturated rings. The van der Waals surface area contributed by atoms with Gasteiger partial charge in [0.25, 0.3) is 0 Å². The van der Waals surface area contributed by atoms with E-state index in [4.69, 9.17) is 4.74 Å². The third kappa shape index (κ3) is 3.76. The maximum Gasteiger partial charge on any atom is 0.410 e. The van der Waals surface area contributed by atoms with Gasteiger partial charge in [-0.3, -0.25) is 4.90 Å². The average molecular weight is 255 g/mol. The SMILES string of the molecule is CC(C)(C)OC(=O)N1CC(O)CC1C(F)(F)F. The molecule has 2 unspecified atom stereocenters. The topological polar surface area (TPSA) is 49.8 Å². The minimum Gasteiger partial charge on any atom is -0.444 e. The van der Waals surface area contributed by atoms with Crippen LogP contribution in [0.15, 0.2) is 0 Å². The molecule has 1 aliphatic heterocycles. The first-order chi connectivity index (χ1) is 7.50. The van der Waals surface area contributed by atoms with Crippen molar-refractivity contribution in [3.8, 4) is 0 Å². The minimum atomic E-state index is -4.55. The van der Waals surface area contributed by atoms with Crippen LogP contribution in [0.5, 0.6) is 0 Å². The van der Waals surface area contributed by atoms with E-state index >= 15 is 0 Å². The number of ether oxygens (including phenoxy) is 1. The number of alkyl halides is 3. The quantitative estimate of drug-likeness (QED) is 0.719. The lowest BCUT2D eigenvalue weighted by Crippen LogP contribution is -2.46. The molecule has 0 spiro atoms. The fourth-order valence-electron chi connectivity index (χ4n) is 1.65. The number of hydrogen-bond donors (Lipinski definition) is 1. The van der Waals surface area contributed by atoms with Gasteiger partial charge in [-0.25, -0.2) is 4.79 Å². The number of nitrogens with zero attached hydrogens (tertiary/aromatic N) is 1. The van der Waals surface area contributed by atoms with Crippen molar-refractivity contribution in [3.05, 3.63) is 0 Å². The summed E-state index contributed by atoms with van der Waals surface area (Å²) in [6.45, 7) is 4.36. The van der Waals surface area contributed by atoms with Gasteiger partial charge in [0, 0.05) is 6.42 Å². The number of hydrogen-bond acceptors (Lipinski definition) is 3. The van der Waals surface area contributed by atoms with Crippen LogP contribution in [0.25, 0.3) is 0 Å². The van der Waals surface area contributed by atoms with Crippen LogP contribution in [0.3, 0.4) is 0 Å². The number of aliphatic hydroxyl groups is 1. The summed E-state index contributed by atoms with van der Waals surface area (Å²) in [5.41, 5.74) is -0.860. The van der Waals surface area contributed by atoms with Gasteiger partial charge in [-0.15, -0.1) is 0 Å². The van der Waals surface area contributed by atoms with Gasteiger partial charge in [0.15, 0.2) is 0 Å². The zero-order valence-electron chi connectivity index (χ0n) is 9.91. The summed E-state index contributed by atoms with van der Waals surface area (Å²) >= 11 is 0. The fraction of sp³-hybridized carbons (Fsp3) is 0.900. The second-order valence-electron chi connectivity index (χ2n) is 5.08. The molecule has 17 heavy (non-hydrogen) atoms. The van der Waals surface area contributed by atoms with E-state index in [1.165, 1.54) is 0 Å². The molecule has 0 aliphatic carbocycles. The van der Waals surface area contributed by atoms with Crippen LogP contribution < -0.4 is 0 Å². The Bertz CT molecular complexity index is 298. The molecule has 4 nitrogen and oxygen atoms in total. The molecule has 2 atom stereocenters. The maximum atomic E-state index is 12.6. The van der Waals surface area contributed by atoms with Gasteiger partial charge in [-0.2, -0.15) is 13.2 Å². The molecule has 0 aromatic heterocycles. The summed E-state index contributed by atoms with van der Waals surface area (Å²) in [6.07, 6.45) is -7.25. The monoisotopic (exact) mass is 255 g/mol. The van der Waals surface area contributed by atoms with E-state index in [0.717, 1.165) is 0 Å². The first-order valence-electron chi connectivity index (χ1n) is 5.25. The van der Waals surface area contributed by atoms with Crippen molar-refractivity contribution in [3.63, 3.8) is 0 Å². The van der Waals surface area contributed by atoms with E-state index in [1.54, 1.807) is 20.8 Å². The lowest BCUT2D eigenvalue weighted by atomic mass is 10.2. The van der Waals surface area contributed by atoms with Crippen LogP contribution in [0, 0.1) is 0 Å². The third-order valence-corrected chi connectivity index (χ3v) is 2.28. The largest absolute Gasteiger partial charge is 0.444 e. The van der Waals surface area contributed by atoms with E-state index < -0.39 is 36.4 Å². The molecule has 0 saturated carbocycles. The van der Waals surface area contributed by atoms with Crippen molar-refractivity contribution >= 4 is 6.09 Å². The van der Waals surface area contributed by atoms with Crippen molar-refractivity contribution in [1.29, 1.82) is 0 Å². The van der Waals surface area contributed by atoms with Gasteiger partial charge in [0.05, 0.1) is 12.6 Å². The molecular weight excluding hydrogens is 239 g/mol. The van der Waals surface area contributed by atoms with Crippen molar-refractivity contribution in [2.24, 2.45) is 0 Å². The summed E-state index contributed by atoms with van der Waals surface area (Å²) in [4.78, 5) is 12.1. The van der Waals surface area contributed by atoms with Crippen LogP contribution in [-0.2, 0) is 4.74 Å². The Morgan fingerprint density at radius 2 is 1.88 bits per heavy atom. The summed E-state index contributed by atoms with van der Waals surface area (Å²) < 4.78 is 42.7. The van der Waals surface area contributed by atoms with Gasteiger partial charge in [0.1, 0.15) is 11.6 Å². The number of likely N-dealkylation sites (tertiary alicyclic amines) is 1. The Hall–Kier alpha value is -0.980. The molecule has 0 bridgehead atoms. The maximum absolute atomic E-state index is 12.6. The molecule has 1 saturated heterocycles. The van der Waals surface area contributed by atoms with E-state index in [9.17, 15) is 23.1 Å². The molecule has 1 rings (SSSR count). The Morgan fingerprint density at radius 3 is 2.29 bits per heavy atom. The molecule has 1 aliphatic rings. The number of β-amino-alcohol motifs (C(OH)–C–C–N with tert-alkyl or cyclic N) is 1. The van der Waals surface area contributed by atoms with Crippen molar-refractivity contribution in [2.45, 2.75) is 51.1 Å². The molecular formula is C10H16F3NO3. The third-order valence-electron chi connectivity index (χ3n) is 2.28. The lowest BCUT2D eigenvalue weighted by Gasteiger charge is -2.29. The van der Waals surface area contributed by atoms with Crippen molar-refractivity contribution in [2.75, 3.05) is 6.54 Å². The highest BCUT2D eigenvalue weighted by Gasteiger charge is 2.51. The van der Waals surface area contributed by atoms with Crippen LogP contribution in [0.4, 0.5) is 18.0 Å². The molecule has 1 N–H and O–H groups in total. The van der Waals surface area contributed by atoms with E-state index in [2.05, 4.69) is 0 Å². The van der Waals surface area contributed by atoms with Gasteiger partial charge in [-0.1, -0.05) is 0 Å². The second-order valence-corrected chi connectivity index (χ2v) is 5.08. The Labute approximate surface area is 97.3 Å². The molecule has 0 aromatic rings. The van der Waals surface area contributed by atoms with Crippen molar-refractivity contribution in [1.82, 2.24) is 4.90 Å². The summed E-state index contributed by atoms with van der Waals surface area (Å²) in [7, 11) is 0. The van der Waals surface area contributed by atoms with Crippen LogP contribution in [0.1, 0.15) is 27.2 Å². The van der Waals surface area contributed by atoms with Crippen LogP contribution >= 0.6 is 0 Å². The first-order valence-corrected chi connectivity index (χ1v) is 5.25. The van der Waals surface area contributed by atoms with E-state index in [0.29, 0.717) is 4.90 Å². The molecule has 1 amide bonds. The predicted octanol–water partition coefficient (Wildman–Crippen LogP) is 1.92.